The maximum Gasteiger partial charge on any atom is 0.262 e. The van der Waals surface area contributed by atoms with E-state index in [0.29, 0.717) is 10.3 Å². The van der Waals surface area contributed by atoms with Crippen LogP contribution in [0.25, 0.3) is 0 Å². The van der Waals surface area contributed by atoms with Gasteiger partial charge in [0.1, 0.15) is 4.60 Å². The Kier molecular flexibility index (Phi) is 3.91. The molecule has 0 aliphatic heterocycles. The van der Waals surface area contributed by atoms with Crippen LogP contribution in [-0.4, -0.2) is 13.4 Å². The molecule has 0 spiro atoms. The van der Waals surface area contributed by atoms with Crippen molar-refractivity contribution in [3.8, 4) is 0 Å². The van der Waals surface area contributed by atoms with Crippen molar-refractivity contribution in [2.45, 2.75) is 18.7 Å². The normalized spacial score (nSPS) is 11.3. The quantitative estimate of drug-likeness (QED) is 0.872. The van der Waals surface area contributed by atoms with Crippen molar-refractivity contribution in [1.82, 2.24) is 4.98 Å². The van der Waals surface area contributed by atoms with E-state index in [1.54, 1.807) is 31.2 Å². The predicted molar refractivity (Wildman–Crippen MR) is 78.7 cm³/mol. The van der Waals surface area contributed by atoms with Gasteiger partial charge in [0.05, 0.1) is 16.8 Å². The summed E-state index contributed by atoms with van der Waals surface area (Å²) in [5.74, 6) is 0. The highest BCUT2D eigenvalue weighted by atomic mass is 79.9. The molecule has 0 amide bonds. The summed E-state index contributed by atoms with van der Waals surface area (Å²) in [6.07, 6.45) is 1.46. The molecule has 0 saturated carbocycles. The third kappa shape index (κ3) is 3.33. The van der Waals surface area contributed by atoms with Crippen molar-refractivity contribution in [3.63, 3.8) is 0 Å². The lowest BCUT2D eigenvalue weighted by Crippen LogP contribution is -2.14. The van der Waals surface area contributed by atoms with Crippen molar-refractivity contribution in [2.75, 3.05) is 4.72 Å². The highest BCUT2D eigenvalue weighted by molar-refractivity contribution is 9.10. The maximum absolute atomic E-state index is 12.3. The van der Waals surface area contributed by atoms with Gasteiger partial charge < -0.3 is 0 Å². The maximum atomic E-state index is 12.3. The average Bonchev–Trinajstić information content (AvgIpc) is 2.31. The van der Waals surface area contributed by atoms with Crippen LogP contribution >= 0.6 is 15.9 Å². The van der Waals surface area contributed by atoms with Crippen LogP contribution in [0.1, 0.15) is 11.1 Å². The number of rotatable bonds is 3. The van der Waals surface area contributed by atoms with Crippen LogP contribution in [0.15, 0.2) is 46.0 Å². The molecule has 19 heavy (non-hydrogen) atoms. The second-order valence-electron chi connectivity index (χ2n) is 4.24. The Bertz CT molecular complexity index is 697. The summed E-state index contributed by atoms with van der Waals surface area (Å²) in [5, 5.41) is 0. The van der Waals surface area contributed by atoms with Gasteiger partial charge in [0.25, 0.3) is 10.0 Å². The van der Waals surface area contributed by atoms with Crippen LogP contribution in [0.3, 0.4) is 0 Å². The molecule has 0 saturated heterocycles. The zero-order chi connectivity index (χ0) is 14.0. The molecule has 0 bridgehead atoms. The van der Waals surface area contributed by atoms with E-state index >= 15 is 0 Å². The van der Waals surface area contributed by atoms with Crippen LogP contribution in [0, 0.1) is 13.8 Å². The number of benzene rings is 1. The Morgan fingerprint density at radius 3 is 2.47 bits per heavy atom. The number of nitrogens with zero attached hydrogens (tertiary/aromatic N) is 1. The summed E-state index contributed by atoms with van der Waals surface area (Å²) in [6.45, 7) is 3.71. The van der Waals surface area contributed by atoms with Gasteiger partial charge in [-0.25, -0.2) is 13.4 Å². The summed E-state index contributed by atoms with van der Waals surface area (Å²) in [6, 6.07) is 8.56. The monoisotopic (exact) mass is 340 g/mol. The summed E-state index contributed by atoms with van der Waals surface area (Å²) >= 11 is 3.20. The molecular formula is C13H13BrN2O2S. The minimum Gasteiger partial charge on any atom is -0.278 e. The highest BCUT2D eigenvalue weighted by Gasteiger charge is 2.16. The lowest BCUT2D eigenvalue weighted by atomic mass is 10.2. The molecular weight excluding hydrogens is 328 g/mol. The van der Waals surface area contributed by atoms with Crippen LogP contribution in [-0.2, 0) is 10.0 Å². The Balaban J connectivity index is 2.35. The molecule has 0 aliphatic carbocycles. The van der Waals surface area contributed by atoms with E-state index in [0.717, 1.165) is 11.1 Å². The average molecular weight is 341 g/mol. The van der Waals surface area contributed by atoms with Gasteiger partial charge in [-0.15, -0.1) is 0 Å². The van der Waals surface area contributed by atoms with Gasteiger partial charge >= 0.3 is 0 Å². The molecule has 6 heteroatoms. The summed E-state index contributed by atoms with van der Waals surface area (Å²) in [7, 11) is -3.58. The van der Waals surface area contributed by atoms with Gasteiger partial charge in [0.15, 0.2) is 0 Å². The largest absolute Gasteiger partial charge is 0.278 e. The van der Waals surface area contributed by atoms with Crippen LogP contribution < -0.4 is 4.72 Å². The second kappa shape index (κ2) is 5.30. The number of aromatic nitrogens is 1. The number of halogens is 1. The fraction of sp³-hybridized carbons (Fsp3) is 0.154. The number of hydrogen-bond acceptors (Lipinski definition) is 3. The lowest BCUT2D eigenvalue weighted by Gasteiger charge is -2.10. The molecule has 1 heterocycles. The minimum atomic E-state index is -3.58. The Morgan fingerprint density at radius 1 is 1.16 bits per heavy atom. The number of nitrogens with one attached hydrogen (secondary N) is 1. The van der Waals surface area contributed by atoms with Crippen LogP contribution in [0.5, 0.6) is 0 Å². The van der Waals surface area contributed by atoms with Gasteiger partial charge in [0.2, 0.25) is 0 Å². The molecule has 0 unspecified atom stereocenters. The molecule has 1 aromatic carbocycles. The van der Waals surface area contributed by atoms with Gasteiger partial charge in [-0.1, -0.05) is 17.7 Å². The first kappa shape index (κ1) is 14.0. The zero-order valence-corrected chi connectivity index (χ0v) is 12.9. The van der Waals surface area contributed by atoms with Crippen molar-refractivity contribution >= 4 is 31.6 Å². The first-order valence-electron chi connectivity index (χ1n) is 5.60. The molecule has 0 fully saturated rings. The molecule has 100 valence electrons. The Labute approximate surface area is 121 Å². The minimum absolute atomic E-state index is 0.279. The number of anilines is 1. The number of sulfonamides is 1. The Hall–Kier alpha value is -1.40. The first-order valence-corrected chi connectivity index (χ1v) is 7.88. The van der Waals surface area contributed by atoms with Crippen molar-refractivity contribution in [3.05, 3.63) is 52.3 Å². The molecule has 1 aromatic heterocycles. The second-order valence-corrected chi connectivity index (χ2v) is 6.71. The third-order valence-corrected chi connectivity index (χ3v) is 4.61. The van der Waals surface area contributed by atoms with Crippen molar-refractivity contribution in [1.29, 1.82) is 0 Å². The number of pyridine rings is 1. The third-order valence-electron chi connectivity index (χ3n) is 2.60. The van der Waals surface area contributed by atoms with Crippen molar-refractivity contribution in [2.24, 2.45) is 0 Å². The van der Waals surface area contributed by atoms with Crippen LogP contribution in [0.2, 0.25) is 0 Å². The van der Waals surface area contributed by atoms with E-state index in [4.69, 9.17) is 0 Å². The fourth-order valence-electron chi connectivity index (χ4n) is 1.75. The van der Waals surface area contributed by atoms with E-state index < -0.39 is 10.0 Å². The van der Waals surface area contributed by atoms with E-state index in [9.17, 15) is 8.42 Å². The molecule has 0 aliphatic rings. The first-order chi connectivity index (χ1) is 8.88. The van der Waals surface area contributed by atoms with E-state index in [1.807, 2.05) is 13.0 Å². The molecule has 2 rings (SSSR count). The van der Waals surface area contributed by atoms with Gasteiger partial charge in [-0.3, -0.25) is 4.72 Å². The smallest absolute Gasteiger partial charge is 0.262 e. The predicted octanol–water partition coefficient (Wildman–Crippen LogP) is 3.26. The van der Waals surface area contributed by atoms with E-state index in [2.05, 4.69) is 25.6 Å². The highest BCUT2D eigenvalue weighted by Crippen LogP contribution is 2.20. The molecule has 0 atom stereocenters. The molecule has 0 radical (unpaired) electrons. The Morgan fingerprint density at radius 2 is 1.89 bits per heavy atom. The number of hydrogen-bond donors (Lipinski definition) is 1. The van der Waals surface area contributed by atoms with Gasteiger partial charge in [-0.2, -0.15) is 0 Å². The van der Waals surface area contributed by atoms with Crippen molar-refractivity contribution < 1.29 is 8.42 Å². The SMILES string of the molecule is Cc1ccc(S(=O)(=O)Nc2ccc(Br)nc2)c(C)c1. The summed E-state index contributed by atoms with van der Waals surface area (Å²) in [5.41, 5.74) is 2.18. The van der Waals surface area contributed by atoms with Gasteiger partial charge in [-0.05, 0) is 53.5 Å². The van der Waals surface area contributed by atoms with E-state index in [1.165, 1.54) is 6.20 Å². The summed E-state index contributed by atoms with van der Waals surface area (Å²) in [4.78, 5) is 4.26. The standard InChI is InChI=1S/C13H13BrN2O2S/c1-9-3-5-12(10(2)7-9)19(17,18)16-11-4-6-13(14)15-8-11/h3-8,16H,1-2H3. The fourth-order valence-corrected chi connectivity index (χ4v) is 3.25. The number of aryl methyl sites for hydroxylation is 2. The zero-order valence-electron chi connectivity index (χ0n) is 10.5. The van der Waals surface area contributed by atoms with Crippen LogP contribution in [0.4, 0.5) is 5.69 Å². The molecule has 2 aromatic rings. The molecule has 4 nitrogen and oxygen atoms in total. The summed E-state index contributed by atoms with van der Waals surface area (Å²) < 4.78 is 27.7. The lowest BCUT2D eigenvalue weighted by molar-refractivity contribution is 0.600. The van der Waals surface area contributed by atoms with Gasteiger partial charge in [0, 0.05) is 0 Å². The van der Waals surface area contributed by atoms with E-state index in [-0.39, 0.29) is 4.90 Å². The molecule has 1 N–H and O–H groups in total. The topological polar surface area (TPSA) is 59.1 Å².